The van der Waals surface area contributed by atoms with Crippen molar-refractivity contribution in [2.24, 2.45) is 0 Å². The molecule has 1 aliphatic rings. The molecule has 1 saturated heterocycles. The SMILES string of the molecule is CNC1CCN(C(=O)c2cccc(C)c2Cl)C1. The summed E-state index contributed by atoms with van der Waals surface area (Å²) < 4.78 is 0. The molecule has 0 aromatic heterocycles. The highest BCUT2D eigenvalue weighted by Crippen LogP contribution is 2.23. The van der Waals surface area contributed by atoms with Crippen molar-refractivity contribution >= 4 is 17.5 Å². The van der Waals surface area contributed by atoms with E-state index in [9.17, 15) is 4.79 Å². The number of benzene rings is 1. The molecule has 0 bridgehead atoms. The lowest BCUT2D eigenvalue weighted by Crippen LogP contribution is -2.33. The molecule has 1 heterocycles. The van der Waals surface area contributed by atoms with Crippen LogP contribution in [0.2, 0.25) is 5.02 Å². The third kappa shape index (κ3) is 2.45. The van der Waals surface area contributed by atoms with E-state index in [1.54, 1.807) is 6.07 Å². The lowest BCUT2D eigenvalue weighted by Gasteiger charge is -2.17. The summed E-state index contributed by atoms with van der Waals surface area (Å²) >= 11 is 6.17. The molecule has 1 N–H and O–H groups in total. The molecular formula is C13H17ClN2O. The van der Waals surface area contributed by atoms with Gasteiger partial charge in [0.25, 0.3) is 5.91 Å². The van der Waals surface area contributed by atoms with Gasteiger partial charge in [-0.1, -0.05) is 23.7 Å². The molecule has 92 valence electrons. The zero-order valence-corrected chi connectivity index (χ0v) is 10.9. The smallest absolute Gasteiger partial charge is 0.255 e. The standard InChI is InChI=1S/C13H17ClN2O/c1-9-4-3-5-11(12(9)14)13(17)16-7-6-10(8-16)15-2/h3-5,10,15H,6-8H2,1-2H3. The minimum Gasteiger partial charge on any atom is -0.337 e. The fourth-order valence-electron chi connectivity index (χ4n) is 2.16. The number of hydrogen-bond acceptors (Lipinski definition) is 2. The molecule has 0 saturated carbocycles. The summed E-state index contributed by atoms with van der Waals surface area (Å²) in [5.41, 5.74) is 1.56. The first-order chi connectivity index (χ1) is 8.13. The Morgan fingerprint density at radius 2 is 2.29 bits per heavy atom. The quantitative estimate of drug-likeness (QED) is 0.874. The first-order valence-corrected chi connectivity index (χ1v) is 6.23. The Balaban J connectivity index is 2.18. The van der Waals surface area contributed by atoms with Crippen LogP contribution in [0.15, 0.2) is 18.2 Å². The van der Waals surface area contributed by atoms with Gasteiger partial charge in [0.15, 0.2) is 0 Å². The lowest BCUT2D eigenvalue weighted by atomic mass is 10.1. The third-order valence-corrected chi connectivity index (χ3v) is 3.81. The summed E-state index contributed by atoms with van der Waals surface area (Å²) in [6.45, 7) is 3.48. The molecule has 1 aromatic rings. The van der Waals surface area contributed by atoms with Crippen LogP contribution in [0.1, 0.15) is 22.3 Å². The number of likely N-dealkylation sites (tertiary alicyclic amines) is 1. The average Bonchev–Trinajstić information content (AvgIpc) is 2.80. The van der Waals surface area contributed by atoms with Crippen LogP contribution in [-0.4, -0.2) is 37.0 Å². The van der Waals surface area contributed by atoms with Crippen LogP contribution in [0.4, 0.5) is 0 Å². The predicted molar refractivity (Wildman–Crippen MR) is 69.6 cm³/mol. The molecular weight excluding hydrogens is 236 g/mol. The molecule has 1 atom stereocenters. The summed E-state index contributed by atoms with van der Waals surface area (Å²) in [6, 6.07) is 5.99. The van der Waals surface area contributed by atoms with Gasteiger partial charge in [0.1, 0.15) is 0 Å². The molecule has 1 fully saturated rings. The average molecular weight is 253 g/mol. The van der Waals surface area contributed by atoms with E-state index in [0.29, 0.717) is 16.6 Å². The van der Waals surface area contributed by atoms with Crippen molar-refractivity contribution in [2.75, 3.05) is 20.1 Å². The van der Waals surface area contributed by atoms with E-state index >= 15 is 0 Å². The van der Waals surface area contributed by atoms with E-state index in [4.69, 9.17) is 11.6 Å². The third-order valence-electron chi connectivity index (χ3n) is 3.31. The van der Waals surface area contributed by atoms with E-state index in [-0.39, 0.29) is 5.91 Å². The van der Waals surface area contributed by atoms with Gasteiger partial charge < -0.3 is 10.2 Å². The summed E-state index contributed by atoms with van der Waals surface area (Å²) in [4.78, 5) is 14.2. The van der Waals surface area contributed by atoms with Crippen molar-refractivity contribution in [1.29, 1.82) is 0 Å². The first kappa shape index (κ1) is 12.4. The van der Waals surface area contributed by atoms with E-state index in [1.165, 1.54) is 0 Å². The molecule has 1 unspecified atom stereocenters. The van der Waals surface area contributed by atoms with Gasteiger partial charge in [-0.25, -0.2) is 0 Å². The highest BCUT2D eigenvalue weighted by Gasteiger charge is 2.27. The molecule has 0 radical (unpaired) electrons. The molecule has 1 aliphatic heterocycles. The maximum absolute atomic E-state index is 12.3. The van der Waals surface area contributed by atoms with E-state index in [1.807, 2.05) is 31.0 Å². The van der Waals surface area contributed by atoms with Gasteiger partial charge in [0.05, 0.1) is 10.6 Å². The van der Waals surface area contributed by atoms with Gasteiger partial charge in [0.2, 0.25) is 0 Å². The van der Waals surface area contributed by atoms with Crippen LogP contribution < -0.4 is 5.32 Å². The molecule has 1 aromatic carbocycles. The molecule has 1 amide bonds. The van der Waals surface area contributed by atoms with E-state index in [0.717, 1.165) is 25.1 Å². The number of aryl methyl sites for hydroxylation is 1. The number of amides is 1. The minimum absolute atomic E-state index is 0.0384. The van der Waals surface area contributed by atoms with Crippen molar-refractivity contribution in [3.05, 3.63) is 34.3 Å². The monoisotopic (exact) mass is 252 g/mol. The fourth-order valence-corrected chi connectivity index (χ4v) is 2.37. The second kappa shape index (κ2) is 5.07. The largest absolute Gasteiger partial charge is 0.337 e. The Bertz CT molecular complexity index is 433. The van der Waals surface area contributed by atoms with Crippen molar-refractivity contribution in [3.8, 4) is 0 Å². The summed E-state index contributed by atoms with van der Waals surface area (Å²) in [5.74, 6) is 0.0384. The van der Waals surface area contributed by atoms with Gasteiger partial charge in [-0.3, -0.25) is 4.79 Å². The van der Waals surface area contributed by atoms with Crippen LogP contribution in [0.5, 0.6) is 0 Å². The van der Waals surface area contributed by atoms with Gasteiger partial charge >= 0.3 is 0 Å². The van der Waals surface area contributed by atoms with Crippen LogP contribution in [0.3, 0.4) is 0 Å². The van der Waals surface area contributed by atoms with Gasteiger partial charge in [0, 0.05) is 19.1 Å². The molecule has 0 spiro atoms. The molecule has 17 heavy (non-hydrogen) atoms. The number of rotatable bonds is 2. The lowest BCUT2D eigenvalue weighted by molar-refractivity contribution is 0.0790. The Morgan fingerprint density at radius 3 is 2.94 bits per heavy atom. The molecule has 3 nitrogen and oxygen atoms in total. The second-order valence-electron chi connectivity index (χ2n) is 4.46. The Kier molecular flexibility index (Phi) is 3.69. The molecule has 4 heteroatoms. The van der Waals surface area contributed by atoms with Crippen molar-refractivity contribution in [2.45, 2.75) is 19.4 Å². The number of nitrogens with zero attached hydrogens (tertiary/aromatic N) is 1. The maximum Gasteiger partial charge on any atom is 0.255 e. The van der Waals surface area contributed by atoms with Crippen LogP contribution >= 0.6 is 11.6 Å². The number of carbonyl (C=O) groups is 1. The van der Waals surface area contributed by atoms with Gasteiger partial charge in [-0.15, -0.1) is 0 Å². The summed E-state index contributed by atoms with van der Waals surface area (Å²) in [6.07, 6.45) is 1.01. The zero-order chi connectivity index (χ0) is 12.4. The zero-order valence-electron chi connectivity index (χ0n) is 10.2. The second-order valence-corrected chi connectivity index (χ2v) is 4.84. The van der Waals surface area contributed by atoms with Crippen LogP contribution in [0.25, 0.3) is 0 Å². The van der Waals surface area contributed by atoms with Crippen molar-refractivity contribution < 1.29 is 4.79 Å². The topological polar surface area (TPSA) is 32.3 Å². The number of likely N-dealkylation sites (N-methyl/N-ethyl adjacent to an activating group) is 1. The number of carbonyl (C=O) groups excluding carboxylic acids is 1. The minimum atomic E-state index is 0.0384. The van der Waals surface area contributed by atoms with Crippen molar-refractivity contribution in [3.63, 3.8) is 0 Å². The van der Waals surface area contributed by atoms with Gasteiger partial charge in [-0.05, 0) is 32.0 Å². The fraction of sp³-hybridized carbons (Fsp3) is 0.462. The van der Waals surface area contributed by atoms with Gasteiger partial charge in [-0.2, -0.15) is 0 Å². The van der Waals surface area contributed by atoms with E-state index < -0.39 is 0 Å². The number of halogens is 1. The normalized spacial score (nSPS) is 19.7. The molecule has 0 aliphatic carbocycles. The predicted octanol–water partition coefficient (Wildman–Crippen LogP) is 2.08. The summed E-state index contributed by atoms with van der Waals surface area (Å²) in [5, 5.41) is 3.77. The Labute approximate surface area is 107 Å². The highest BCUT2D eigenvalue weighted by atomic mass is 35.5. The Hall–Kier alpha value is -1.06. The Morgan fingerprint density at radius 1 is 1.53 bits per heavy atom. The first-order valence-electron chi connectivity index (χ1n) is 5.85. The van der Waals surface area contributed by atoms with Crippen molar-refractivity contribution in [1.82, 2.24) is 10.2 Å². The van der Waals surface area contributed by atoms with Crippen LogP contribution in [0, 0.1) is 6.92 Å². The van der Waals surface area contributed by atoms with Crippen LogP contribution in [-0.2, 0) is 0 Å². The number of hydrogen-bond donors (Lipinski definition) is 1. The maximum atomic E-state index is 12.3. The summed E-state index contributed by atoms with van der Waals surface area (Å²) in [7, 11) is 1.93. The number of nitrogens with one attached hydrogen (secondary N) is 1. The molecule has 2 rings (SSSR count). The van der Waals surface area contributed by atoms with E-state index in [2.05, 4.69) is 5.32 Å². The highest BCUT2D eigenvalue weighted by molar-refractivity contribution is 6.34.